The monoisotopic (exact) mass is 114 g/mol. The lowest BCUT2D eigenvalue weighted by molar-refractivity contribution is 0.279. The van der Waals surface area contributed by atoms with E-state index >= 15 is 0 Å². The van der Waals surface area contributed by atoms with Gasteiger partial charge in [-0.3, -0.25) is 0 Å². The third kappa shape index (κ3) is 3.03. The molecule has 0 unspecified atom stereocenters. The summed E-state index contributed by atoms with van der Waals surface area (Å²) in [6.45, 7) is 9.26. The highest BCUT2D eigenvalue weighted by Crippen LogP contribution is 1.92. The molecule has 0 bridgehead atoms. The molecule has 0 spiro atoms. The van der Waals surface area contributed by atoms with Gasteiger partial charge in [-0.05, 0) is 33.9 Å². The van der Waals surface area contributed by atoms with E-state index < -0.39 is 0 Å². The van der Waals surface area contributed by atoms with E-state index in [9.17, 15) is 0 Å². The van der Waals surface area contributed by atoms with Gasteiger partial charge < -0.3 is 4.90 Å². The topological polar surface area (TPSA) is 3.24 Å². The van der Waals surface area contributed by atoms with Crippen molar-refractivity contribution in [1.29, 1.82) is 0 Å². The van der Waals surface area contributed by atoms with Crippen molar-refractivity contribution >= 4 is 0 Å². The molecule has 0 saturated heterocycles. The molecule has 0 rings (SSSR count). The Morgan fingerprint density at radius 1 is 1.50 bits per heavy atom. The van der Waals surface area contributed by atoms with Crippen LogP contribution < -0.4 is 0 Å². The average Bonchev–Trinajstić information content (AvgIpc) is 1.67. The second-order valence-corrected chi connectivity index (χ2v) is 2.43. The molecule has 1 nitrogen and oxygen atoms in total. The Morgan fingerprint density at radius 2 is 2.00 bits per heavy atom. The summed E-state index contributed by atoms with van der Waals surface area (Å²) in [5.41, 5.74) is 0. The van der Waals surface area contributed by atoms with Crippen LogP contribution in [0.15, 0.2) is 0 Å². The third-order valence-electron chi connectivity index (χ3n) is 1.39. The van der Waals surface area contributed by atoms with Crippen LogP contribution in [0.2, 0.25) is 0 Å². The van der Waals surface area contributed by atoms with Gasteiger partial charge in [-0.25, -0.2) is 0 Å². The largest absolute Gasteiger partial charge is 0.304 e. The van der Waals surface area contributed by atoms with Crippen molar-refractivity contribution < 1.29 is 0 Å². The Hall–Kier alpha value is -0.0400. The molecule has 1 radical (unpaired) electrons. The predicted octanol–water partition coefficient (Wildman–Crippen LogP) is 1.55. The minimum absolute atomic E-state index is 0.664. The molecular formula is C7H16N. The second-order valence-electron chi connectivity index (χ2n) is 2.43. The van der Waals surface area contributed by atoms with Gasteiger partial charge >= 0.3 is 0 Å². The summed E-state index contributed by atoms with van der Waals surface area (Å²) >= 11 is 0. The zero-order chi connectivity index (χ0) is 6.57. The minimum Gasteiger partial charge on any atom is -0.304 e. The van der Waals surface area contributed by atoms with Gasteiger partial charge in [0.2, 0.25) is 0 Å². The van der Waals surface area contributed by atoms with Gasteiger partial charge in [-0.15, -0.1) is 0 Å². The fraction of sp³-hybridized carbons (Fsp3) is 0.857. The molecule has 0 aliphatic carbocycles. The second kappa shape index (κ2) is 3.90. The maximum Gasteiger partial charge on any atom is 0.00355 e. The van der Waals surface area contributed by atoms with Crippen molar-refractivity contribution in [3.05, 3.63) is 6.92 Å². The Morgan fingerprint density at radius 3 is 2.12 bits per heavy atom. The first-order chi connectivity index (χ1) is 3.68. The lowest BCUT2D eigenvalue weighted by atomic mass is 10.3. The molecule has 0 saturated carbocycles. The molecule has 0 amide bonds. The van der Waals surface area contributed by atoms with Crippen molar-refractivity contribution in [2.24, 2.45) is 0 Å². The van der Waals surface area contributed by atoms with Crippen molar-refractivity contribution in [3.8, 4) is 0 Å². The van der Waals surface area contributed by atoms with E-state index in [2.05, 4.69) is 32.7 Å². The van der Waals surface area contributed by atoms with Gasteiger partial charge in [0.1, 0.15) is 0 Å². The Labute approximate surface area is 52.7 Å². The molecule has 0 aliphatic rings. The van der Waals surface area contributed by atoms with Gasteiger partial charge in [-0.1, -0.05) is 6.92 Å². The first-order valence-electron chi connectivity index (χ1n) is 3.18. The van der Waals surface area contributed by atoms with Crippen LogP contribution in [0.1, 0.15) is 20.3 Å². The first kappa shape index (κ1) is 7.96. The van der Waals surface area contributed by atoms with Crippen LogP contribution in [-0.2, 0) is 0 Å². The highest BCUT2D eigenvalue weighted by molar-refractivity contribution is 4.56. The minimum atomic E-state index is 0.664. The smallest absolute Gasteiger partial charge is 0.00355 e. The maximum absolute atomic E-state index is 3.77. The molecule has 0 N–H and O–H groups in total. The molecule has 1 heteroatoms. The van der Waals surface area contributed by atoms with Crippen LogP contribution >= 0.6 is 0 Å². The highest BCUT2D eigenvalue weighted by Gasteiger charge is 1.98. The lowest BCUT2D eigenvalue weighted by Gasteiger charge is -2.19. The van der Waals surface area contributed by atoms with E-state index in [0.29, 0.717) is 6.04 Å². The summed E-state index contributed by atoms with van der Waals surface area (Å²) in [5, 5.41) is 0. The van der Waals surface area contributed by atoms with Gasteiger partial charge in [0.05, 0.1) is 0 Å². The van der Waals surface area contributed by atoms with E-state index in [1.165, 1.54) is 0 Å². The molecule has 0 heterocycles. The number of nitrogens with zero attached hydrogens (tertiary/aromatic N) is 1. The summed E-state index contributed by atoms with van der Waals surface area (Å²) < 4.78 is 0. The average molecular weight is 114 g/mol. The van der Waals surface area contributed by atoms with E-state index in [1.54, 1.807) is 0 Å². The molecule has 0 atom stereocenters. The molecule has 8 heavy (non-hydrogen) atoms. The van der Waals surface area contributed by atoms with Crippen LogP contribution in [-0.4, -0.2) is 24.5 Å². The summed E-state index contributed by atoms with van der Waals surface area (Å²) in [6.07, 6.45) is 1.01. The Bertz CT molecular complexity index is 50.3. The number of hydrogen-bond acceptors (Lipinski definition) is 1. The SMILES string of the molecule is [CH2]CCN(C)C(C)C. The predicted molar refractivity (Wildman–Crippen MR) is 37.7 cm³/mol. The van der Waals surface area contributed by atoms with Crippen molar-refractivity contribution in [1.82, 2.24) is 4.90 Å². The van der Waals surface area contributed by atoms with Gasteiger partial charge in [0.15, 0.2) is 0 Å². The van der Waals surface area contributed by atoms with Crippen LogP contribution in [0.4, 0.5) is 0 Å². The third-order valence-corrected chi connectivity index (χ3v) is 1.39. The summed E-state index contributed by atoms with van der Waals surface area (Å²) in [6, 6.07) is 0.664. The Kier molecular flexibility index (Phi) is 3.88. The number of rotatable bonds is 3. The molecular weight excluding hydrogens is 98.1 g/mol. The quantitative estimate of drug-likeness (QED) is 0.538. The maximum atomic E-state index is 3.77. The van der Waals surface area contributed by atoms with E-state index in [1.807, 2.05) is 0 Å². The molecule has 49 valence electrons. The molecule has 0 fully saturated rings. The number of hydrogen-bond donors (Lipinski definition) is 0. The van der Waals surface area contributed by atoms with Crippen LogP contribution in [0, 0.1) is 6.92 Å². The van der Waals surface area contributed by atoms with Crippen LogP contribution in [0.5, 0.6) is 0 Å². The van der Waals surface area contributed by atoms with E-state index in [4.69, 9.17) is 0 Å². The fourth-order valence-corrected chi connectivity index (χ4v) is 0.508. The van der Waals surface area contributed by atoms with Crippen molar-refractivity contribution in [2.75, 3.05) is 13.6 Å². The molecule has 0 aromatic carbocycles. The normalized spacial score (nSPS) is 11.2. The van der Waals surface area contributed by atoms with Crippen LogP contribution in [0.3, 0.4) is 0 Å². The summed E-state index contributed by atoms with van der Waals surface area (Å²) in [5.74, 6) is 0. The van der Waals surface area contributed by atoms with Gasteiger partial charge in [-0.2, -0.15) is 0 Å². The van der Waals surface area contributed by atoms with E-state index in [0.717, 1.165) is 13.0 Å². The summed E-state index contributed by atoms with van der Waals surface area (Å²) in [7, 11) is 2.12. The fourth-order valence-electron chi connectivity index (χ4n) is 0.508. The molecule has 0 aromatic rings. The standard InChI is InChI=1S/C7H16N/c1-5-6-8(4)7(2)3/h7H,1,5-6H2,2-4H3. The van der Waals surface area contributed by atoms with E-state index in [-0.39, 0.29) is 0 Å². The van der Waals surface area contributed by atoms with Gasteiger partial charge in [0, 0.05) is 6.04 Å². The Balaban J connectivity index is 3.17. The van der Waals surface area contributed by atoms with Crippen molar-refractivity contribution in [2.45, 2.75) is 26.3 Å². The highest BCUT2D eigenvalue weighted by atomic mass is 15.1. The molecule has 0 aliphatic heterocycles. The zero-order valence-electron chi connectivity index (χ0n) is 6.15. The zero-order valence-corrected chi connectivity index (χ0v) is 6.15. The van der Waals surface area contributed by atoms with Crippen LogP contribution in [0.25, 0.3) is 0 Å². The summed E-state index contributed by atoms with van der Waals surface area (Å²) in [4.78, 5) is 2.28. The molecule has 0 aromatic heterocycles. The first-order valence-corrected chi connectivity index (χ1v) is 3.18. The van der Waals surface area contributed by atoms with Crippen molar-refractivity contribution in [3.63, 3.8) is 0 Å². The lowest BCUT2D eigenvalue weighted by Crippen LogP contribution is -2.26. The van der Waals surface area contributed by atoms with Gasteiger partial charge in [0.25, 0.3) is 0 Å².